The third-order valence-electron chi connectivity index (χ3n) is 6.37. The van der Waals surface area contributed by atoms with Gasteiger partial charge in [-0.15, -0.1) is 0 Å². The lowest BCUT2D eigenvalue weighted by Crippen LogP contribution is -2.32. The first-order chi connectivity index (χ1) is 17.1. The van der Waals surface area contributed by atoms with Crippen LogP contribution in [0.3, 0.4) is 0 Å². The zero-order chi connectivity index (χ0) is 26.0. The van der Waals surface area contributed by atoms with Gasteiger partial charge in [-0.05, 0) is 48.9 Å². The van der Waals surface area contributed by atoms with Crippen LogP contribution in [0.2, 0.25) is 10.0 Å². The normalized spacial score (nSPS) is 18.5. The summed E-state index contributed by atoms with van der Waals surface area (Å²) in [6.07, 6.45) is -4.86. The number of ether oxygens (including phenoxy) is 1. The van der Waals surface area contributed by atoms with Gasteiger partial charge in [0.2, 0.25) is 0 Å². The second-order valence-corrected chi connectivity index (χ2v) is 9.47. The molecule has 0 radical (unpaired) electrons. The summed E-state index contributed by atoms with van der Waals surface area (Å²) in [7, 11) is 0. The van der Waals surface area contributed by atoms with Crippen LogP contribution in [0.1, 0.15) is 34.3 Å². The Morgan fingerprint density at radius 1 is 1.03 bits per heavy atom. The fourth-order valence-electron chi connectivity index (χ4n) is 4.45. The summed E-state index contributed by atoms with van der Waals surface area (Å²) in [5.74, 6) is -0.185. The Balaban J connectivity index is 1.59. The number of nitrogens with zero attached hydrogens (tertiary/aromatic N) is 2. The summed E-state index contributed by atoms with van der Waals surface area (Å²) in [6.45, 7) is 9.70. The van der Waals surface area contributed by atoms with Gasteiger partial charge in [0.15, 0.2) is 5.69 Å². The Labute approximate surface area is 217 Å². The van der Waals surface area contributed by atoms with E-state index in [4.69, 9.17) is 34.5 Å². The van der Waals surface area contributed by atoms with Crippen LogP contribution in [0.15, 0.2) is 66.7 Å². The van der Waals surface area contributed by atoms with E-state index in [9.17, 15) is 18.0 Å². The molecule has 0 aliphatic carbocycles. The molecular formula is C27H21Cl2F3N2O2. The highest BCUT2D eigenvalue weighted by Crippen LogP contribution is 2.39. The van der Waals surface area contributed by atoms with E-state index in [-0.39, 0.29) is 17.7 Å². The monoisotopic (exact) mass is 532 g/mol. The van der Waals surface area contributed by atoms with Crippen molar-refractivity contribution in [3.63, 3.8) is 0 Å². The average molecular weight is 533 g/mol. The van der Waals surface area contributed by atoms with Crippen molar-refractivity contribution in [2.45, 2.75) is 25.1 Å². The molecule has 36 heavy (non-hydrogen) atoms. The van der Waals surface area contributed by atoms with Crippen molar-refractivity contribution >= 4 is 34.8 Å². The molecule has 3 aromatic rings. The Morgan fingerprint density at radius 2 is 1.69 bits per heavy atom. The van der Waals surface area contributed by atoms with Crippen LogP contribution in [-0.2, 0) is 6.18 Å². The van der Waals surface area contributed by atoms with E-state index in [1.165, 1.54) is 12.1 Å². The fraction of sp³-hybridized carbons (Fsp3) is 0.259. The maximum absolute atomic E-state index is 13.3. The molecule has 1 aliphatic rings. The van der Waals surface area contributed by atoms with E-state index >= 15 is 0 Å². The number of amides is 1. The first-order valence-electron chi connectivity index (χ1n) is 11.1. The SMILES string of the molecule is [C-]#[N+]c1ccc(C(=O)N2C[C@@H]([C@@H](C)Oc3ccc(C(F)(F)F)cc3)[C@H](c3ccc(Cl)c(Cl)c3)C2)cc1. The maximum Gasteiger partial charge on any atom is 0.416 e. The highest BCUT2D eigenvalue weighted by atomic mass is 35.5. The van der Waals surface area contributed by atoms with Crippen molar-refractivity contribution in [3.05, 3.63) is 105 Å². The summed E-state index contributed by atoms with van der Waals surface area (Å²) in [5.41, 5.74) is 1.04. The molecule has 0 saturated carbocycles. The summed E-state index contributed by atoms with van der Waals surface area (Å²) >= 11 is 12.4. The highest BCUT2D eigenvalue weighted by Gasteiger charge is 2.40. The molecule has 0 bridgehead atoms. The van der Waals surface area contributed by atoms with Gasteiger partial charge in [-0.2, -0.15) is 13.2 Å². The predicted octanol–water partition coefficient (Wildman–Crippen LogP) is 7.89. The van der Waals surface area contributed by atoms with Gasteiger partial charge in [0.25, 0.3) is 5.91 Å². The fourth-order valence-corrected chi connectivity index (χ4v) is 4.76. The van der Waals surface area contributed by atoms with Crippen LogP contribution < -0.4 is 4.74 Å². The molecule has 1 saturated heterocycles. The molecule has 3 atom stereocenters. The van der Waals surface area contributed by atoms with Gasteiger partial charge in [0, 0.05) is 30.5 Å². The van der Waals surface area contributed by atoms with Crippen LogP contribution >= 0.6 is 23.2 Å². The number of carbonyl (C=O) groups is 1. The second kappa shape index (κ2) is 10.4. The summed E-state index contributed by atoms with van der Waals surface area (Å²) in [5, 5.41) is 0.806. The minimum atomic E-state index is -4.43. The molecule has 4 nitrogen and oxygen atoms in total. The number of hydrogen-bond acceptors (Lipinski definition) is 2. The predicted molar refractivity (Wildman–Crippen MR) is 133 cm³/mol. The van der Waals surface area contributed by atoms with Crippen molar-refractivity contribution in [3.8, 4) is 5.75 Å². The van der Waals surface area contributed by atoms with Gasteiger partial charge in [-0.3, -0.25) is 4.79 Å². The number of rotatable bonds is 5. The second-order valence-electron chi connectivity index (χ2n) is 8.66. The van der Waals surface area contributed by atoms with Crippen molar-refractivity contribution in [1.29, 1.82) is 0 Å². The number of hydrogen-bond donors (Lipinski definition) is 0. The van der Waals surface area contributed by atoms with Crippen LogP contribution in [-0.4, -0.2) is 30.0 Å². The third-order valence-corrected chi connectivity index (χ3v) is 7.11. The van der Waals surface area contributed by atoms with E-state index in [1.807, 2.05) is 13.0 Å². The summed E-state index contributed by atoms with van der Waals surface area (Å²) < 4.78 is 44.8. The molecule has 0 N–H and O–H groups in total. The van der Waals surface area contributed by atoms with Crippen LogP contribution in [0.4, 0.5) is 18.9 Å². The van der Waals surface area contributed by atoms with Gasteiger partial charge in [0.1, 0.15) is 11.9 Å². The molecule has 1 amide bonds. The first kappa shape index (κ1) is 25.9. The Bertz CT molecular complexity index is 1290. The minimum Gasteiger partial charge on any atom is -0.490 e. The molecule has 1 heterocycles. The quantitative estimate of drug-likeness (QED) is 0.313. The van der Waals surface area contributed by atoms with E-state index < -0.39 is 17.8 Å². The first-order valence-corrected chi connectivity index (χ1v) is 11.9. The van der Waals surface area contributed by atoms with Crippen LogP contribution in [0.5, 0.6) is 5.75 Å². The zero-order valence-electron chi connectivity index (χ0n) is 19.1. The van der Waals surface area contributed by atoms with Crippen molar-refractivity contribution in [2.24, 2.45) is 5.92 Å². The Morgan fingerprint density at radius 3 is 2.28 bits per heavy atom. The van der Waals surface area contributed by atoms with E-state index in [1.54, 1.807) is 41.3 Å². The van der Waals surface area contributed by atoms with Gasteiger partial charge >= 0.3 is 6.18 Å². The van der Waals surface area contributed by atoms with E-state index in [0.717, 1.165) is 17.7 Å². The average Bonchev–Trinajstić information content (AvgIpc) is 3.31. The van der Waals surface area contributed by atoms with E-state index in [0.29, 0.717) is 40.1 Å². The number of likely N-dealkylation sites (tertiary alicyclic amines) is 1. The zero-order valence-corrected chi connectivity index (χ0v) is 20.6. The molecule has 9 heteroatoms. The molecule has 4 rings (SSSR count). The largest absolute Gasteiger partial charge is 0.490 e. The summed E-state index contributed by atoms with van der Waals surface area (Å²) in [6, 6.07) is 16.3. The lowest BCUT2D eigenvalue weighted by molar-refractivity contribution is -0.137. The number of benzene rings is 3. The number of carbonyl (C=O) groups excluding carboxylic acids is 1. The molecule has 186 valence electrons. The Kier molecular flexibility index (Phi) is 7.49. The molecule has 0 aromatic heterocycles. The molecular weight excluding hydrogens is 512 g/mol. The third kappa shape index (κ3) is 5.61. The van der Waals surface area contributed by atoms with E-state index in [2.05, 4.69) is 4.85 Å². The molecule has 1 fully saturated rings. The lowest BCUT2D eigenvalue weighted by Gasteiger charge is -2.26. The van der Waals surface area contributed by atoms with Crippen LogP contribution in [0, 0.1) is 12.5 Å². The Hall–Kier alpha value is -3.21. The van der Waals surface area contributed by atoms with Gasteiger partial charge in [-0.25, -0.2) is 4.85 Å². The molecule has 0 unspecified atom stereocenters. The molecule has 1 aliphatic heterocycles. The minimum absolute atomic E-state index is 0.143. The van der Waals surface area contributed by atoms with Gasteiger partial charge in [-0.1, -0.05) is 53.5 Å². The van der Waals surface area contributed by atoms with Crippen molar-refractivity contribution < 1.29 is 22.7 Å². The van der Waals surface area contributed by atoms with Crippen molar-refractivity contribution in [2.75, 3.05) is 13.1 Å². The highest BCUT2D eigenvalue weighted by molar-refractivity contribution is 6.42. The number of halogens is 5. The van der Waals surface area contributed by atoms with Gasteiger partial charge in [0.05, 0.1) is 22.2 Å². The van der Waals surface area contributed by atoms with Gasteiger partial charge < -0.3 is 9.64 Å². The molecule has 0 spiro atoms. The van der Waals surface area contributed by atoms with Crippen molar-refractivity contribution in [1.82, 2.24) is 4.90 Å². The lowest BCUT2D eigenvalue weighted by atomic mass is 9.85. The molecule has 3 aromatic carbocycles. The topological polar surface area (TPSA) is 33.9 Å². The van der Waals surface area contributed by atoms with Crippen LogP contribution in [0.25, 0.3) is 4.85 Å². The summed E-state index contributed by atoms with van der Waals surface area (Å²) in [4.78, 5) is 18.3. The standard InChI is InChI=1S/C27H21Cl2F3N2O2/c1-16(36-21-10-6-19(7-11-21)27(30,31)32)22-14-34(26(35)17-3-8-20(33-2)9-4-17)15-23(22)18-5-12-24(28)25(29)13-18/h3-13,16,22-23H,14-15H2,1H3/t16-,22+,23+/m1/s1. The maximum atomic E-state index is 13.3. The number of alkyl halides is 3. The smallest absolute Gasteiger partial charge is 0.416 e.